The number of nitrogens with zero attached hydrogens (tertiary/aromatic N) is 4. The first-order valence-corrected chi connectivity index (χ1v) is 10.0. The Bertz CT molecular complexity index is 1230. The van der Waals surface area contributed by atoms with Crippen molar-refractivity contribution in [1.29, 1.82) is 5.26 Å². The van der Waals surface area contributed by atoms with Crippen LogP contribution in [0.15, 0.2) is 51.9 Å². The highest BCUT2D eigenvalue weighted by atomic mass is 79.9. The van der Waals surface area contributed by atoms with Gasteiger partial charge in [-0.15, -0.1) is 0 Å². The Labute approximate surface area is 183 Å². The molecule has 10 heteroatoms. The fraction of sp³-hybridized carbons (Fsp3) is 0.238. The van der Waals surface area contributed by atoms with E-state index in [1.807, 2.05) is 6.07 Å². The van der Waals surface area contributed by atoms with Gasteiger partial charge in [0.2, 0.25) is 0 Å². The van der Waals surface area contributed by atoms with Gasteiger partial charge in [-0.05, 0) is 52.7 Å². The number of rotatable bonds is 5. The van der Waals surface area contributed by atoms with Gasteiger partial charge in [0, 0.05) is 30.4 Å². The molecule has 3 rings (SSSR count). The first-order valence-electron chi connectivity index (χ1n) is 9.23. The van der Waals surface area contributed by atoms with Crippen molar-refractivity contribution in [2.45, 2.75) is 19.5 Å². The van der Waals surface area contributed by atoms with Gasteiger partial charge in [0.15, 0.2) is 5.69 Å². The summed E-state index contributed by atoms with van der Waals surface area (Å²) in [4.78, 5) is 30.3. The predicted octanol–water partition coefficient (Wildman–Crippen LogP) is 4.52. The molecule has 0 spiro atoms. The Morgan fingerprint density at radius 1 is 1.26 bits per heavy atom. The summed E-state index contributed by atoms with van der Waals surface area (Å²) in [5, 5.41) is 8.73. The molecule has 0 radical (unpaired) electrons. The van der Waals surface area contributed by atoms with Gasteiger partial charge in [0.25, 0.3) is 11.5 Å². The number of fused-ring (bicyclic) bond motifs is 1. The molecule has 0 aliphatic carbocycles. The quantitative estimate of drug-likeness (QED) is 0.524. The van der Waals surface area contributed by atoms with Crippen molar-refractivity contribution in [2.24, 2.45) is 0 Å². The van der Waals surface area contributed by atoms with Crippen LogP contribution in [0.25, 0.3) is 16.8 Å². The maximum atomic E-state index is 13.3. The van der Waals surface area contributed by atoms with Gasteiger partial charge in [-0.1, -0.05) is 12.1 Å². The van der Waals surface area contributed by atoms with Crippen LogP contribution in [0.3, 0.4) is 0 Å². The zero-order valence-corrected chi connectivity index (χ0v) is 17.9. The summed E-state index contributed by atoms with van der Waals surface area (Å²) in [7, 11) is 0. The van der Waals surface area contributed by atoms with Crippen LogP contribution in [0.4, 0.5) is 13.2 Å². The SMILES string of the molecule is CCN(CCC#N)C(=O)c1ccc(-c2cccn3c(=O)c(Br)c(C(F)(F)F)nc23)cc1. The number of nitriles is 1. The minimum absolute atomic E-state index is 0.147. The standard InChI is InChI=1S/C21H16BrF3N4O2/c1-2-28(11-4-10-26)19(30)14-8-6-13(7-9-14)15-5-3-12-29-18(15)27-17(21(23,24)25)16(22)20(29)31/h3,5-9,12H,2,4,11H2,1H3. The monoisotopic (exact) mass is 492 g/mol. The van der Waals surface area contributed by atoms with Crippen molar-refractivity contribution < 1.29 is 18.0 Å². The predicted molar refractivity (Wildman–Crippen MR) is 111 cm³/mol. The summed E-state index contributed by atoms with van der Waals surface area (Å²) in [6.07, 6.45) is -3.25. The second-order valence-electron chi connectivity index (χ2n) is 6.56. The number of benzene rings is 1. The lowest BCUT2D eigenvalue weighted by Crippen LogP contribution is -2.31. The Kier molecular flexibility index (Phi) is 6.45. The van der Waals surface area contributed by atoms with Crippen molar-refractivity contribution in [3.8, 4) is 17.2 Å². The van der Waals surface area contributed by atoms with Crippen LogP contribution in [0.1, 0.15) is 29.4 Å². The van der Waals surface area contributed by atoms with E-state index in [9.17, 15) is 22.8 Å². The van der Waals surface area contributed by atoms with Crippen LogP contribution in [-0.2, 0) is 6.18 Å². The summed E-state index contributed by atoms with van der Waals surface area (Å²) in [6, 6.07) is 11.4. The highest BCUT2D eigenvalue weighted by Gasteiger charge is 2.37. The molecule has 0 saturated carbocycles. The molecule has 2 heterocycles. The molecular weight excluding hydrogens is 477 g/mol. The van der Waals surface area contributed by atoms with Gasteiger partial charge in [0.1, 0.15) is 10.1 Å². The van der Waals surface area contributed by atoms with Crippen LogP contribution in [-0.4, -0.2) is 33.3 Å². The maximum absolute atomic E-state index is 13.3. The van der Waals surface area contributed by atoms with Crippen molar-refractivity contribution in [3.05, 3.63) is 68.7 Å². The molecule has 0 N–H and O–H groups in total. The Morgan fingerprint density at radius 2 is 1.94 bits per heavy atom. The fourth-order valence-electron chi connectivity index (χ4n) is 3.12. The minimum atomic E-state index is -4.80. The third-order valence-corrected chi connectivity index (χ3v) is 5.39. The first-order chi connectivity index (χ1) is 14.7. The van der Waals surface area contributed by atoms with E-state index in [0.717, 1.165) is 4.40 Å². The number of halogens is 4. The van der Waals surface area contributed by atoms with Crippen LogP contribution >= 0.6 is 15.9 Å². The van der Waals surface area contributed by atoms with E-state index in [1.54, 1.807) is 37.3 Å². The first kappa shape index (κ1) is 22.5. The topological polar surface area (TPSA) is 78.5 Å². The third-order valence-electron chi connectivity index (χ3n) is 4.67. The lowest BCUT2D eigenvalue weighted by Gasteiger charge is -2.19. The van der Waals surface area contributed by atoms with E-state index in [0.29, 0.717) is 29.8 Å². The fourth-order valence-corrected chi connectivity index (χ4v) is 3.62. The van der Waals surface area contributed by atoms with Gasteiger partial charge >= 0.3 is 6.18 Å². The molecule has 0 fully saturated rings. The number of pyridine rings is 1. The molecule has 0 atom stereocenters. The molecule has 2 aromatic heterocycles. The Morgan fingerprint density at radius 3 is 2.52 bits per heavy atom. The van der Waals surface area contributed by atoms with E-state index in [-0.39, 0.29) is 18.0 Å². The highest BCUT2D eigenvalue weighted by molar-refractivity contribution is 9.10. The zero-order chi connectivity index (χ0) is 22.8. The van der Waals surface area contributed by atoms with E-state index in [4.69, 9.17) is 5.26 Å². The number of alkyl halides is 3. The summed E-state index contributed by atoms with van der Waals surface area (Å²) < 4.78 is 40.4. The number of aromatic nitrogens is 2. The largest absolute Gasteiger partial charge is 0.434 e. The van der Waals surface area contributed by atoms with E-state index < -0.39 is 21.9 Å². The van der Waals surface area contributed by atoms with Gasteiger partial charge in [-0.25, -0.2) is 4.98 Å². The average molecular weight is 493 g/mol. The van der Waals surface area contributed by atoms with Crippen LogP contribution in [0.5, 0.6) is 0 Å². The van der Waals surface area contributed by atoms with Crippen molar-refractivity contribution in [2.75, 3.05) is 13.1 Å². The normalized spacial score (nSPS) is 11.4. The number of hydrogen-bond acceptors (Lipinski definition) is 4. The van der Waals surface area contributed by atoms with Gasteiger partial charge < -0.3 is 4.90 Å². The number of hydrogen-bond donors (Lipinski definition) is 0. The summed E-state index contributed by atoms with van der Waals surface area (Å²) in [5.41, 5.74) is -1.13. The van der Waals surface area contributed by atoms with Crippen LogP contribution in [0, 0.1) is 11.3 Å². The summed E-state index contributed by atoms with van der Waals surface area (Å²) >= 11 is 2.70. The smallest absolute Gasteiger partial charge is 0.338 e. The summed E-state index contributed by atoms with van der Waals surface area (Å²) in [6.45, 7) is 2.55. The Balaban J connectivity index is 2.07. The number of carbonyl (C=O) groups is 1. The molecule has 1 aromatic carbocycles. The molecule has 0 aliphatic heterocycles. The van der Waals surface area contributed by atoms with E-state index in [2.05, 4.69) is 20.9 Å². The lowest BCUT2D eigenvalue weighted by atomic mass is 10.0. The van der Waals surface area contributed by atoms with Crippen LogP contribution < -0.4 is 5.56 Å². The van der Waals surface area contributed by atoms with Crippen molar-refractivity contribution in [3.63, 3.8) is 0 Å². The molecule has 0 aliphatic rings. The maximum Gasteiger partial charge on any atom is 0.434 e. The Hall–Kier alpha value is -3.19. The van der Waals surface area contributed by atoms with E-state index in [1.165, 1.54) is 17.2 Å². The second-order valence-corrected chi connectivity index (χ2v) is 7.36. The lowest BCUT2D eigenvalue weighted by molar-refractivity contribution is -0.141. The highest BCUT2D eigenvalue weighted by Crippen LogP contribution is 2.33. The zero-order valence-electron chi connectivity index (χ0n) is 16.3. The van der Waals surface area contributed by atoms with Crippen molar-refractivity contribution in [1.82, 2.24) is 14.3 Å². The molecular formula is C21H16BrF3N4O2. The minimum Gasteiger partial charge on any atom is -0.338 e. The molecule has 0 bridgehead atoms. The average Bonchev–Trinajstić information content (AvgIpc) is 2.75. The van der Waals surface area contributed by atoms with Gasteiger partial charge in [-0.2, -0.15) is 18.4 Å². The van der Waals surface area contributed by atoms with Crippen molar-refractivity contribution >= 4 is 27.5 Å². The molecule has 160 valence electrons. The number of amides is 1. The third kappa shape index (κ3) is 4.46. The molecule has 1 amide bonds. The molecule has 3 aromatic rings. The second kappa shape index (κ2) is 8.89. The molecule has 31 heavy (non-hydrogen) atoms. The molecule has 0 unspecified atom stereocenters. The molecule has 0 saturated heterocycles. The van der Waals surface area contributed by atoms with Gasteiger partial charge in [-0.3, -0.25) is 14.0 Å². The van der Waals surface area contributed by atoms with Crippen LogP contribution in [0.2, 0.25) is 0 Å². The molecule has 6 nitrogen and oxygen atoms in total. The summed E-state index contributed by atoms with van der Waals surface area (Å²) in [5.74, 6) is -0.250. The van der Waals surface area contributed by atoms with Gasteiger partial charge in [0.05, 0.1) is 12.5 Å². The number of carbonyl (C=O) groups excluding carboxylic acids is 1. The van der Waals surface area contributed by atoms with E-state index >= 15 is 0 Å².